The number of hydrogen-bond acceptors (Lipinski definition) is 5. The monoisotopic (exact) mass is 500 g/mol. The number of halogens is 1. The number of H-pyrrole nitrogens is 1. The first-order chi connectivity index (χ1) is 17.8. The van der Waals surface area contributed by atoms with Crippen molar-refractivity contribution in [3.05, 3.63) is 94.2 Å². The molecule has 0 aliphatic rings. The molecule has 0 fully saturated rings. The molecular weight excluding hydrogens is 475 g/mol. The average Bonchev–Trinajstić information content (AvgIpc) is 3.47. The molecule has 3 aromatic carbocycles. The van der Waals surface area contributed by atoms with E-state index < -0.39 is 5.82 Å². The number of carbonyl (C=O) groups excluding carboxylic acids is 1. The number of benzene rings is 3. The number of aryl methyl sites for hydroxylation is 3. The molecule has 0 bridgehead atoms. The van der Waals surface area contributed by atoms with E-state index in [1.165, 1.54) is 21.5 Å². The Kier molecular flexibility index (Phi) is 6.31. The van der Waals surface area contributed by atoms with Gasteiger partial charge < -0.3 is 10.1 Å². The van der Waals surface area contributed by atoms with E-state index in [1.807, 2.05) is 50.2 Å². The summed E-state index contributed by atoms with van der Waals surface area (Å²) in [6.45, 7) is 3.75. The highest BCUT2D eigenvalue weighted by Gasteiger charge is 2.19. The minimum Gasteiger partial charge on any atom is -0.483 e. The number of ether oxygens (including phenoxy) is 1. The molecule has 5 aromatic rings. The van der Waals surface area contributed by atoms with Gasteiger partial charge in [-0.1, -0.05) is 23.8 Å². The Hall–Kier alpha value is -4.73. The SMILES string of the molecule is Cc1ccc(NC(=O)Cn2c(=O)n(C)c3c(-c4ccc(OCc5ncn[nH]5)c(F)c4)cc(C)cc32)cc1. The Morgan fingerprint density at radius 1 is 1.08 bits per heavy atom. The van der Waals surface area contributed by atoms with E-state index in [-0.39, 0.29) is 30.5 Å². The number of anilines is 1. The first-order valence-electron chi connectivity index (χ1n) is 11.6. The van der Waals surface area contributed by atoms with Crippen LogP contribution in [0.2, 0.25) is 0 Å². The molecule has 0 spiro atoms. The van der Waals surface area contributed by atoms with Crippen LogP contribution in [0.4, 0.5) is 10.1 Å². The van der Waals surface area contributed by atoms with Crippen LogP contribution >= 0.6 is 0 Å². The molecule has 2 aromatic heterocycles. The highest BCUT2D eigenvalue weighted by Crippen LogP contribution is 2.32. The summed E-state index contributed by atoms with van der Waals surface area (Å²) < 4.78 is 23.4. The van der Waals surface area contributed by atoms with Gasteiger partial charge >= 0.3 is 5.69 Å². The second-order valence-electron chi connectivity index (χ2n) is 8.89. The van der Waals surface area contributed by atoms with Crippen LogP contribution < -0.4 is 15.7 Å². The van der Waals surface area contributed by atoms with Crippen molar-refractivity contribution in [3.8, 4) is 16.9 Å². The van der Waals surface area contributed by atoms with Gasteiger partial charge in [-0.3, -0.25) is 19.0 Å². The fourth-order valence-corrected chi connectivity index (χ4v) is 4.28. The molecule has 37 heavy (non-hydrogen) atoms. The number of aromatic nitrogens is 5. The molecule has 0 saturated heterocycles. The van der Waals surface area contributed by atoms with E-state index in [1.54, 1.807) is 19.2 Å². The smallest absolute Gasteiger partial charge is 0.329 e. The highest BCUT2D eigenvalue weighted by molar-refractivity contribution is 5.95. The molecule has 188 valence electrons. The largest absolute Gasteiger partial charge is 0.483 e. The predicted molar refractivity (Wildman–Crippen MR) is 138 cm³/mol. The zero-order valence-corrected chi connectivity index (χ0v) is 20.6. The molecule has 2 heterocycles. The van der Waals surface area contributed by atoms with Crippen LogP contribution in [0, 0.1) is 19.7 Å². The van der Waals surface area contributed by atoms with E-state index >= 15 is 0 Å². The van der Waals surface area contributed by atoms with Crippen LogP contribution in [0.5, 0.6) is 5.75 Å². The molecule has 0 aliphatic carbocycles. The first kappa shape index (κ1) is 24.0. The number of nitrogens with zero attached hydrogens (tertiary/aromatic N) is 4. The van der Waals surface area contributed by atoms with Gasteiger partial charge in [0.15, 0.2) is 17.4 Å². The Morgan fingerprint density at radius 2 is 1.86 bits per heavy atom. The van der Waals surface area contributed by atoms with E-state index in [0.717, 1.165) is 11.1 Å². The molecule has 0 saturated carbocycles. The number of rotatable bonds is 7. The van der Waals surface area contributed by atoms with Gasteiger partial charge in [0.05, 0.1) is 11.0 Å². The van der Waals surface area contributed by atoms with Crippen LogP contribution in [0.3, 0.4) is 0 Å². The van der Waals surface area contributed by atoms with Gasteiger partial charge in [-0.15, -0.1) is 0 Å². The van der Waals surface area contributed by atoms with Crippen molar-refractivity contribution in [2.75, 3.05) is 5.32 Å². The van der Waals surface area contributed by atoms with Crippen LogP contribution in [0.1, 0.15) is 17.0 Å². The minimum absolute atomic E-state index is 0.0486. The summed E-state index contributed by atoms with van der Waals surface area (Å²) in [5, 5.41) is 9.24. The number of hydrogen-bond donors (Lipinski definition) is 2. The summed E-state index contributed by atoms with van der Waals surface area (Å²) >= 11 is 0. The summed E-state index contributed by atoms with van der Waals surface area (Å²) in [5.74, 6) is -0.315. The van der Waals surface area contributed by atoms with E-state index in [0.29, 0.717) is 33.7 Å². The van der Waals surface area contributed by atoms with Gasteiger partial charge in [0.2, 0.25) is 5.91 Å². The van der Waals surface area contributed by atoms with Gasteiger partial charge in [-0.2, -0.15) is 5.10 Å². The van der Waals surface area contributed by atoms with Crippen molar-refractivity contribution < 1.29 is 13.9 Å². The predicted octanol–water partition coefficient (Wildman–Crippen LogP) is 4.10. The third-order valence-electron chi connectivity index (χ3n) is 6.09. The topological polar surface area (TPSA) is 107 Å². The van der Waals surface area contributed by atoms with Crippen molar-refractivity contribution in [2.45, 2.75) is 27.0 Å². The summed E-state index contributed by atoms with van der Waals surface area (Å²) in [4.78, 5) is 29.9. The minimum atomic E-state index is -0.548. The lowest BCUT2D eigenvalue weighted by Gasteiger charge is -2.11. The maximum Gasteiger partial charge on any atom is 0.329 e. The van der Waals surface area contributed by atoms with Crippen LogP contribution in [-0.4, -0.2) is 30.2 Å². The zero-order valence-electron chi connectivity index (χ0n) is 20.6. The van der Waals surface area contributed by atoms with Crippen molar-refractivity contribution >= 4 is 22.6 Å². The Balaban J connectivity index is 1.47. The molecule has 0 aliphatic heterocycles. The van der Waals surface area contributed by atoms with Gasteiger partial charge in [0.1, 0.15) is 19.5 Å². The Morgan fingerprint density at radius 3 is 2.57 bits per heavy atom. The Labute approximate surface area is 211 Å². The van der Waals surface area contributed by atoms with Gasteiger partial charge in [0, 0.05) is 18.3 Å². The second-order valence-corrected chi connectivity index (χ2v) is 8.89. The van der Waals surface area contributed by atoms with E-state index in [2.05, 4.69) is 20.5 Å². The summed E-state index contributed by atoms with van der Waals surface area (Å²) in [6, 6.07) is 15.8. The molecule has 9 nitrogen and oxygen atoms in total. The van der Waals surface area contributed by atoms with Crippen LogP contribution in [0.25, 0.3) is 22.2 Å². The fraction of sp³-hybridized carbons (Fsp3) is 0.185. The standard InChI is InChI=1S/C27H25FN6O3/c1-16-4-7-19(8-5-16)31-25(35)13-34-22-11-17(2)10-20(26(22)33(3)27(34)36)18-6-9-23(21(28)12-18)37-14-24-29-15-30-32-24/h4-12,15H,13-14H2,1-3H3,(H,31,35)(H,29,30,32). The lowest BCUT2D eigenvalue weighted by Crippen LogP contribution is -2.28. The molecule has 0 unspecified atom stereocenters. The summed E-state index contributed by atoms with van der Waals surface area (Å²) in [6.07, 6.45) is 1.35. The average molecular weight is 501 g/mol. The highest BCUT2D eigenvalue weighted by atomic mass is 19.1. The molecule has 0 radical (unpaired) electrons. The normalized spacial score (nSPS) is 11.1. The van der Waals surface area contributed by atoms with Crippen LogP contribution in [-0.2, 0) is 25.0 Å². The molecule has 0 atom stereocenters. The number of amides is 1. The number of fused-ring (bicyclic) bond motifs is 1. The fourth-order valence-electron chi connectivity index (χ4n) is 4.28. The summed E-state index contributed by atoms with van der Waals surface area (Å²) in [5.41, 5.74) is 4.71. The Bertz CT molecular complexity index is 1650. The number of imidazole rings is 1. The molecule has 2 N–H and O–H groups in total. The van der Waals surface area contributed by atoms with Gasteiger partial charge in [-0.05, 0) is 61.4 Å². The molecule has 5 rings (SSSR count). The second kappa shape index (κ2) is 9.73. The molecule has 1 amide bonds. The van der Waals surface area contributed by atoms with E-state index in [9.17, 15) is 14.0 Å². The lowest BCUT2D eigenvalue weighted by atomic mass is 10.0. The number of nitrogens with one attached hydrogen (secondary N) is 2. The molecule has 10 heteroatoms. The number of carbonyl (C=O) groups is 1. The van der Waals surface area contributed by atoms with Crippen molar-refractivity contribution in [1.29, 1.82) is 0 Å². The first-order valence-corrected chi connectivity index (χ1v) is 11.6. The molecular formula is C27H25FN6O3. The third kappa shape index (κ3) is 4.86. The van der Waals surface area contributed by atoms with Gasteiger partial charge in [-0.25, -0.2) is 14.2 Å². The van der Waals surface area contributed by atoms with Gasteiger partial charge in [0.25, 0.3) is 0 Å². The lowest BCUT2D eigenvalue weighted by molar-refractivity contribution is -0.116. The maximum absolute atomic E-state index is 15.0. The third-order valence-corrected chi connectivity index (χ3v) is 6.09. The zero-order chi connectivity index (χ0) is 26.1. The van der Waals surface area contributed by atoms with Crippen molar-refractivity contribution in [2.24, 2.45) is 7.05 Å². The van der Waals surface area contributed by atoms with Crippen molar-refractivity contribution in [3.63, 3.8) is 0 Å². The summed E-state index contributed by atoms with van der Waals surface area (Å²) in [7, 11) is 1.64. The van der Waals surface area contributed by atoms with Crippen molar-refractivity contribution in [1.82, 2.24) is 24.3 Å². The maximum atomic E-state index is 15.0. The van der Waals surface area contributed by atoms with E-state index in [4.69, 9.17) is 4.74 Å². The number of aromatic amines is 1. The van der Waals surface area contributed by atoms with Crippen LogP contribution in [0.15, 0.2) is 65.7 Å². The quantitative estimate of drug-likeness (QED) is 0.350.